The van der Waals surface area contributed by atoms with E-state index in [1.807, 2.05) is 17.0 Å². The number of hydrogen-bond acceptors (Lipinski definition) is 3. The summed E-state index contributed by atoms with van der Waals surface area (Å²) in [5.74, 6) is -0.222. The third kappa shape index (κ3) is 4.45. The second-order valence-corrected chi connectivity index (χ2v) is 6.83. The van der Waals surface area contributed by atoms with E-state index in [1.165, 1.54) is 5.56 Å². The Hall–Kier alpha value is -2.20. The Bertz CT molecular complexity index is 685. The number of rotatable bonds is 6. The number of aliphatic hydroxyl groups is 1. The first kappa shape index (κ1) is 17.6. The van der Waals surface area contributed by atoms with Crippen LogP contribution in [-0.2, 0) is 24.3 Å². The van der Waals surface area contributed by atoms with E-state index in [1.54, 1.807) is 12.4 Å². The van der Waals surface area contributed by atoms with Crippen LogP contribution in [0.5, 0.6) is 0 Å². The van der Waals surface area contributed by atoms with Crippen molar-refractivity contribution in [2.75, 3.05) is 0 Å². The largest absolute Gasteiger partial charge is 0.392 e. The van der Waals surface area contributed by atoms with Gasteiger partial charge in [0.1, 0.15) is 0 Å². The van der Waals surface area contributed by atoms with Crippen LogP contribution in [0.25, 0.3) is 0 Å². The molecule has 0 saturated heterocycles. The van der Waals surface area contributed by atoms with Gasteiger partial charge in [0.2, 0.25) is 5.91 Å². The summed E-state index contributed by atoms with van der Waals surface area (Å²) in [6.07, 6.45) is 6.45. The summed E-state index contributed by atoms with van der Waals surface area (Å²) in [5.41, 5.74) is 3.41. The van der Waals surface area contributed by atoms with Crippen molar-refractivity contribution in [2.45, 2.75) is 51.8 Å². The predicted octanol–water partition coefficient (Wildman–Crippen LogP) is 3.33. The third-order valence-electron chi connectivity index (χ3n) is 5.01. The number of aryl methyl sites for hydroxylation is 1. The van der Waals surface area contributed by atoms with Crippen molar-refractivity contribution in [2.24, 2.45) is 5.92 Å². The summed E-state index contributed by atoms with van der Waals surface area (Å²) in [6, 6.07) is 12.3. The first-order chi connectivity index (χ1) is 12.2. The molecule has 4 nitrogen and oxygen atoms in total. The standard InChI is InChI=1S/C21H26N2O2/c1-2-16-8-10-17(11-9-16)14-23(15-18-5-4-12-22-13-18)21(25)19-6-3-7-20(19)24/h4-5,8-13,19-20,24H,2-3,6-7,14-15H2,1H3. The highest BCUT2D eigenvalue weighted by atomic mass is 16.3. The van der Waals surface area contributed by atoms with Crippen LogP contribution in [0.15, 0.2) is 48.8 Å². The number of carbonyl (C=O) groups excluding carboxylic acids is 1. The fourth-order valence-corrected chi connectivity index (χ4v) is 3.49. The van der Waals surface area contributed by atoms with Gasteiger partial charge >= 0.3 is 0 Å². The lowest BCUT2D eigenvalue weighted by atomic mass is 10.0. The van der Waals surface area contributed by atoms with Crippen molar-refractivity contribution in [3.8, 4) is 0 Å². The Labute approximate surface area is 149 Å². The molecule has 0 bridgehead atoms. The topological polar surface area (TPSA) is 53.4 Å². The second-order valence-electron chi connectivity index (χ2n) is 6.83. The fourth-order valence-electron chi connectivity index (χ4n) is 3.49. The average Bonchev–Trinajstić information content (AvgIpc) is 3.08. The molecule has 0 radical (unpaired) electrons. The maximum Gasteiger partial charge on any atom is 0.228 e. The van der Waals surface area contributed by atoms with Crippen molar-refractivity contribution < 1.29 is 9.90 Å². The number of hydrogen-bond donors (Lipinski definition) is 1. The highest BCUT2D eigenvalue weighted by Gasteiger charge is 2.34. The van der Waals surface area contributed by atoms with Gasteiger partial charge in [-0.3, -0.25) is 9.78 Å². The van der Waals surface area contributed by atoms with E-state index in [4.69, 9.17) is 0 Å². The summed E-state index contributed by atoms with van der Waals surface area (Å²) in [7, 11) is 0. The summed E-state index contributed by atoms with van der Waals surface area (Å²) < 4.78 is 0. The Balaban J connectivity index is 1.78. The van der Waals surface area contributed by atoms with Gasteiger partial charge in [-0.05, 0) is 48.4 Å². The number of amides is 1. The minimum atomic E-state index is -0.508. The van der Waals surface area contributed by atoms with Crippen LogP contribution in [-0.4, -0.2) is 27.0 Å². The SMILES string of the molecule is CCc1ccc(CN(Cc2cccnc2)C(=O)C2CCCC2O)cc1. The van der Waals surface area contributed by atoms with E-state index < -0.39 is 6.10 Å². The Morgan fingerprint density at radius 2 is 1.84 bits per heavy atom. The smallest absolute Gasteiger partial charge is 0.228 e. The molecule has 3 rings (SSSR count). The van der Waals surface area contributed by atoms with Gasteiger partial charge in [-0.15, -0.1) is 0 Å². The Morgan fingerprint density at radius 3 is 2.44 bits per heavy atom. The molecular weight excluding hydrogens is 312 g/mol. The number of aliphatic hydroxyl groups excluding tert-OH is 1. The predicted molar refractivity (Wildman–Crippen MR) is 97.7 cm³/mol. The summed E-state index contributed by atoms with van der Waals surface area (Å²) in [5, 5.41) is 10.1. The lowest BCUT2D eigenvalue weighted by Gasteiger charge is -2.27. The number of nitrogens with zero attached hydrogens (tertiary/aromatic N) is 2. The van der Waals surface area contributed by atoms with Crippen LogP contribution >= 0.6 is 0 Å². The van der Waals surface area contributed by atoms with Gasteiger partial charge in [0, 0.05) is 25.5 Å². The molecule has 1 aliphatic rings. The van der Waals surface area contributed by atoms with E-state index in [9.17, 15) is 9.90 Å². The molecule has 1 amide bonds. The minimum absolute atomic E-state index is 0.0495. The minimum Gasteiger partial charge on any atom is -0.392 e. The molecule has 132 valence electrons. The molecular formula is C21H26N2O2. The Kier molecular flexibility index (Phi) is 5.82. The fraction of sp³-hybridized carbons (Fsp3) is 0.429. The normalized spacial score (nSPS) is 19.8. The van der Waals surface area contributed by atoms with Crippen molar-refractivity contribution in [1.29, 1.82) is 0 Å². The van der Waals surface area contributed by atoms with E-state index in [2.05, 4.69) is 36.2 Å². The van der Waals surface area contributed by atoms with Crippen molar-refractivity contribution in [1.82, 2.24) is 9.88 Å². The van der Waals surface area contributed by atoms with Gasteiger partial charge in [0.15, 0.2) is 0 Å². The van der Waals surface area contributed by atoms with Crippen molar-refractivity contribution >= 4 is 5.91 Å². The van der Waals surface area contributed by atoms with Gasteiger partial charge in [-0.1, -0.05) is 37.3 Å². The van der Waals surface area contributed by atoms with E-state index in [0.717, 1.165) is 36.8 Å². The molecule has 2 atom stereocenters. The zero-order chi connectivity index (χ0) is 17.6. The molecule has 4 heteroatoms. The monoisotopic (exact) mass is 338 g/mol. The maximum absolute atomic E-state index is 13.0. The van der Waals surface area contributed by atoms with E-state index in [0.29, 0.717) is 13.1 Å². The van der Waals surface area contributed by atoms with Crippen LogP contribution in [0.4, 0.5) is 0 Å². The molecule has 1 saturated carbocycles. The second kappa shape index (κ2) is 8.26. The van der Waals surface area contributed by atoms with Crippen LogP contribution in [0, 0.1) is 5.92 Å². The molecule has 0 spiro atoms. The number of aromatic nitrogens is 1. The highest BCUT2D eigenvalue weighted by molar-refractivity contribution is 5.79. The quantitative estimate of drug-likeness (QED) is 0.879. The summed E-state index contributed by atoms with van der Waals surface area (Å²) >= 11 is 0. The van der Waals surface area contributed by atoms with Crippen LogP contribution in [0.2, 0.25) is 0 Å². The third-order valence-corrected chi connectivity index (χ3v) is 5.01. The van der Waals surface area contributed by atoms with Crippen molar-refractivity contribution in [3.63, 3.8) is 0 Å². The molecule has 0 aliphatic heterocycles. The maximum atomic E-state index is 13.0. The molecule has 2 unspecified atom stereocenters. The molecule has 1 N–H and O–H groups in total. The lowest BCUT2D eigenvalue weighted by molar-refractivity contribution is -0.139. The van der Waals surface area contributed by atoms with Crippen molar-refractivity contribution in [3.05, 3.63) is 65.5 Å². The summed E-state index contributed by atoms with van der Waals surface area (Å²) in [4.78, 5) is 19.0. The number of pyridine rings is 1. The zero-order valence-electron chi connectivity index (χ0n) is 14.8. The van der Waals surface area contributed by atoms with E-state index in [-0.39, 0.29) is 11.8 Å². The first-order valence-corrected chi connectivity index (χ1v) is 9.11. The zero-order valence-corrected chi connectivity index (χ0v) is 14.8. The summed E-state index contributed by atoms with van der Waals surface area (Å²) in [6.45, 7) is 3.21. The molecule has 1 heterocycles. The van der Waals surface area contributed by atoms with Gasteiger partial charge in [-0.25, -0.2) is 0 Å². The van der Waals surface area contributed by atoms with Crippen LogP contribution < -0.4 is 0 Å². The van der Waals surface area contributed by atoms with Crippen LogP contribution in [0.3, 0.4) is 0 Å². The molecule has 2 aromatic rings. The first-order valence-electron chi connectivity index (χ1n) is 9.11. The molecule has 1 aromatic carbocycles. The number of benzene rings is 1. The van der Waals surface area contributed by atoms with Crippen LogP contribution in [0.1, 0.15) is 42.9 Å². The Morgan fingerprint density at radius 1 is 1.12 bits per heavy atom. The molecule has 1 aromatic heterocycles. The van der Waals surface area contributed by atoms with Gasteiger partial charge < -0.3 is 10.0 Å². The van der Waals surface area contributed by atoms with Gasteiger partial charge in [0.05, 0.1) is 12.0 Å². The highest BCUT2D eigenvalue weighted by Crippen LogP contribution is 2.28. The van der Waals surface area contributed by atoms with Gasteiger partial charge in [-0.2, -0.15) is 0 Å². The lowest BCUT2D eigenvalue weighted by Crippen LogP contribution is -2.38. The molecule has 1 aliphatic carbocycles. The average molecular weight is 338 g/mol. The molecule has 25 heavy (non-hydrogen) atoms. The molecule has 1 fully saturated rings. The van der Waals surface area contributed by atoms with Gasteiger partial charge in [0.25, 0.3) is 0 Å². The number of carbonyl (C=O) groups is 1. The van der Waals surface area contributed by atoms with E-state index >= 15 is 0 Å².